The standard InChI is InChI=1S/C18H26O2/c1-12(2)13(3)9-14-7-8-15(10-14)11-18(20)16-5-4-6-17(16)19/h7-8,10,13,15-17,19H,1,4-6,9,11H2,2-3H3/t13-,15?,16?,17?/m0/s1. The predicted octanol–water partition coefficient (Wildman–Crippen LogP) is 3.82. The molecule has 2 nitrogen and oxygen atoms in total. The van der Waals surface area contributed by atoms with Crippen LogP contribution in [0.3, 0.4) is 0 Å². The van der Waals surface area contributed by atoms with Crippen molar-refractivity contribution in [2.75, 3.05) is 0 Å². The molecule has 1 saturated carbocycles. The van der Waals surface area contributed by atoms with Crippen molar-refractivity contribution in [2.24, 2.45) is 17.8 Å². The van der Waals surface area contributed by atoms with E-state index in [-0.39, 0.29) is 17.6 Å². The first kappa shape index (κ1) is 15.2. The number of aliphatic hydroxyl groups excluding tert-OH is 1. The van der Waals surface area contributed by atoms with Gasteiger partial charge in [0.1, 0.15) is 5.78 Å². The van der Waals surface area contributed by atoms with E-state index < -0.39 is 6.10 Å². The summed E-state index contributed by atoms with van der Waals surface area (Å²) in [6.45, 7) is 8.24. The molecule has 2 aliphatic carbocycles. The first-order chi connectivity index (χ1) is 9.47. The molecule has 1 fully saturated rings. The van der Waals surface area contributed by atoms with Crippen LogP contribution in [0.1, 0.15) is 46.0 Å². The van der Waals surface area contributed by atoms with Gasteiger partial charge in [-0.05, 0) is 32.1 Å². The van der Waals surface area contributed by atoms with Crippen LogP contribution in [-0.4, -0.2) is 17.0 Å². The van der Waals surface area contributed by atoms with Crippen LogP contribution < -0.4 is 0 Å². The van der Waals surface area contributed by atoms with Crippen LogP contribution in [0.2, 0.25) is 0 Å². The molecule has 0 saturated heterocycles. The van der Waals surface area contributed by atoms with Gasteiger partial charge in [0, 0.05) is 18.3 Å². The summed E-state index contributed by atoms with van der Waals surface area (Å²) in [5, 5.41) is 9.80. The van der Waals surface area contributed by atoms with Crippen LogP contribution in [0, 0.1) is 17.8 Å². The van der Waals surface area contributed by atoms with Crippen LogP contribution in [0.15, 0.2) is 36.0 Å². The summed E-state index contributed by atoms with van der Waals surface area (Å²) >= 11 is 0. The predicted molar refractivity (Wildman–Crippen MR) is 82.3 cm³/mol. The fourth-order valence-corrected chi connectivity index (χ4v) is 3.12. The number of aliphatic hydroxyl groups is 1. The summed E-state index contributed by atoms with van der Waals surface area (Å²) in [6, 6.07) is 0. The molecule has 0 aliphatic heterocycles. The van der Waals surface area contributed by atoms with Gasteiger partial charge in [-0.25, -0.2) is 0 Å². The zero-order valence-electron chi connectivity index (χ0n) is 12.6. The average molecular weight is 274 g/mol. The Bertz CT molecular complexity index is 444. The van der Waals surface area contributed by atoms with Crippen molar-refractivity contribution >= 4 is 5.78 Å². The highest BCUT2D eigenvalue weighted by Gasteiger charge is 2.32. The third-order valence-electron chi connectivity index (χ3n) is 4.70. The maximum atomic E-state index is 12.2. The molecule has 2 heteroatoms. The molecular formula is C18H26O2. The largest absolute Gasteiger partial charge is 0.392 e. The normalized spacial score (nSPS) is 30.4. The summed E-state index contributed by atoms with van der Waals surface area (Å²) in [4.78, 5) is 12.2. The Morgan fingerprint density at radius 1 is 1.50 bits per heavy atom. The van der Waals surface area contributed by atoms with E-state index in [0.29, 0.717) is 12.3 Å². The summed E-state index contributed by atoms with van der Waals surface area (Å²) in [6.07, 6.45) is 10.2. The van der Waals surface area contributed by atoms with Crippen molar-refractivity contribution in [3.05, 3.63) is 36.0 Å². The first-order valence-electron chi connectivity index (χ1n) is 7.72. The second-order valence-corrected chi connectivity index (χ2v) is 6.49. The minimum atomic E-state index is -0.403. The van der Waals surface area contributed by atoms with Crippen molar-refractivity contribution in [3.8, 4) is 0 Å². The number of hydrogen-bond acceptors (Lipinski definition) is 2. The highest BCUT2D eigenvalue weighted by Crippen LogP contribution is 2.31. The van der Waals surface area contributed by atoms with Gasteiger partial charge in [-0.2, -0.15) is 0 Å². The van der Waals surface area contributed by atoms with E-state index in [9.17, 15) is 9.90 Å². The third kappa shape index (κ3) is 3.69. The minimum absolute atomic E-state index is 0.116. The fourth-order valence-electron chi connectivity index (χ4n) is 3.12. The van der Waals surface area contributed by atoms with Gasteiger partial charge in [-0.15, -0.1) is 0 Å². The molecular weight excluding hydrogens is 248 g/mol. The molecule has 2 rings (SSSR count). The maximum absolute atomic E-state index is 12.2. The molecule has 3 unspecified atom stereocenters. The van der Waals surface area contributed by atoms with Crippen LogP contribution in [0.25, 0.3) is 0 Å². The van der Waals surface area contributed by atoms with Crippen molar-refractivity contribution in [3.63, 3.8) is 0 Å². The summed E-state index contributed by atoms with van der Waals surface area (Å²) in [7, 11) is 0. The molecule has 0 spiro atoms. The van der Waals surface area contributed by atoms with Gasteiger partial charge in [0.15, 0.2) is 0 Å². The van der Waals surface area contributed by atoms with Gasteiger partial charge in [0.2, 0.25) is 0 Å². The van der Waals surface area contributed by atoms with Crippen LogP contribution >= 0.6 is 0 Å². The topological polar surface area (TPSA) is 37.3 Å². The van der Waals surface area contributed by atoms with Gasteiger partial charge in [0.05, 0.1) is 6.10 Å². The van der Waals surface area contributed by atoms with Gasteiger partial charge >= 0.3 is 0 Å². The Morgan fingerprint density at radius 3 is 2.85 bits per heavy atom. The van der Waals surface area contributed by atoms with Gasteiger partial charge < -0.3 is 5.11 Å². The Labute approximate surface area is 122 Å². The van der Waals surface area contributed by atoms with Crippen LogP contribution in [0.4, 0.5) is 0 Å². The molecule has 110 valence electrons. The van der Waals surface area contributed by atoms with Crippen LogP contribution in [-0.2, 0) is 4.79 Å². The second-order valence-electron chi connectivity index (χ2n) is 6.49. The van der Waals surface area contributed by atoms with Crippen molar-refractivity contribution in [1.29, 1.82) is 0 Å². The third-order valence-corrected chi connectivity index (χ3v) is 4.70. The lowest BCUT2D eigenvalue weighted by Gasteiger charge is -2.14. The van der Waals surface area contributed by atoms with E-state index >= 15 is 0 Å². The molecule has 0 aromatic heterocycles. The van der Waals surface area contributed by atoms with Gasteiger partial charge in [0.25, 0.3) is 0 Å². The Kier molecular flexibility index (Phi) is 4.98. The van der Waals surface area contributed by atoms with E-state index in [1.807, 2.05) is 0 Å². The molecule has 0 amide bonds. The van der Waals surface area contributed by atoms with E-state index in [2.05, 4.69) is 38.7 Å². The van der Waals surface area contributed by atoms with Crippen LogP contribution in [0.5, 0.6) is 0 Å². The summed E-state index contributed by atoms with van der Waals surface area (Å²) in [5.74, 6) is 0.824. The zero-order valence-corrected chi connectivity index (χ0v) is 12.6. The second kappa shape index (κ2) is 6.53. The van der Waals surface area contributed by atoms with E-state index in [0.717, 1.165) is 25.7 Å². The summed E-state index contributed by atoms with van der Waals surface area (Å²) in [5.41, 5.74) is 2.51. The lowest BCUT2D eigenvalue weighted by molar-refractivity contribution is -0.125. The lowest BCUT2D eigenvalue weighted by Crippen LogP contribution is -2.24. The van der Waals surface area contributed by atoms with E-state index in [1.54, 1.807) is 0 Å². The monoisotopic (exact) mass is 274 g/mol. The Balaban J connectivity index is 1.86. The van der Waals surface area contributed by atoms with Gasteiger partial charge in [-0.3, -0.25) is 4.79 Å². The molecule has 0 bridgehead atoms. The smallest absolute Gasteiger partial charge is 0.139 e. The van der Waals surface area contributed by atoms with Crippen molar-refractivity contribution in [2.45, 2.75) is 52.1 Å². The lowest BCUT2D eigenvalue weighted by atomic mass is 9.92. The fraction of sp³-hybridized carbons (Fsp3) is 0.611. The molecule has 0 aromatic carbocycles. The Hall–Kier alpha value is -1.15. The average Bonchev–Trinajstić information content (AvgIpc) is 2.98. The number of allylic oxidation sites excluding steroid dienone is 5. The van der Waals surface area contributed by atoms with Crippen molar-refractivity contribution < 1.29 is 9.90 Å². The zero-order chi connectivity index (χ0) is 14.7. The van der Waals surface area contributed by atoms with Gasteiger partial charge in [-0.1, -0.05) is 49.3 Å². The number of ketones is 1. The molecule has 20 heavy (non-hydrogen) atoms. The minimum Gasteiger partial charge on any atom is -0.392 e. The first-order valence-corrected chi connectivity index (χ1v) is 7.72. The van der Waals surface area contributed by atoms with E-state index in [1.165, 1.54) is 11.1 Å². The number of carbonyl (C=O) groups excluding carboxylic acids is 1. The maximum Gasteiger partial charge on any atom is 0.139 e. The van der Waals surface area contributed by atoms with E-state index in [4.69, 9.17) is 0 Å². The molecule has 0 aromatic rings. The molecule has 0 radical (unpaired) electrons. The molecule has 0 heterocycles. The SMILES string of the molecule is C=C(C)[C@@H](C)CC1=CC(CC(=O)C2CCCC2O)C=C1. The number of Topliss-reactive ketones (excluding diaryl/α,β-unsaturated/α-hetero) is 1. The Morgan fingerprint density at radius 2 is 2.25 bits per heavy atom. The molecule has 4 atom stereocenters. The highest BCUT2D eigenvalue weighted by molar-refractivity contribution is 5.82. The summed E-state index contributed by atoms with van der Waals surface area (Å²) < 4.78 is 0. The van der Waals surface area contributed by atoms with Crippen molar-refractivity contribution in [1.82, 2.24) is 0 Å². The number of hydrogen-bond donors (Lipinski definition) is 1. The number of carbonyl (C=O) groups is 1. The molecule has 2 aliphatic rings. The number of rotatable bonds is 6. The molecule has 1 N–H and O–H groups in total. The quantitative estimate of drug-likeness (QED) is 0.748. The highest BCUT2D eigenvalue weighted by atomic mass is 16.3.